The summed E-state index contributed by atoms with van der Waals surface area (Å²) in [5.41, 5.74) is 6.85. The fourth-order valence-corrected chi connectivity index (χ4v) is 2.30. The van der Waals surface area contributed by atoms with Crippen LogP contribution in [-0.4, -0.2) is 30.7 Å². The van der Waals surface area contributed by atoms with Crippen molar-refractivity contribution < 1.29 is 23.8 Å². The van der Waals surface area contributed by atoms with Crippen LogP contribution in [0.4, 0.5) is 0 Å². The van der Waals surface area contributed by atoms with Crippen LogP contribution >= 0.6 is 0 Å². The molecule has 1 amide bonds. The molecule has 0 radical (unpaired) electrons. The second-order valence-electron chi connectivity index (χ2n) is 5.38. The van der Waals surface area contributed by atoms with Crippen LogP contribution in [0.25, 0.3) is 6.08 Å². The fraction of sp³-hybridized carbons (Fsp3) is 0.412. The van der Waals surface area contributed by atoms with E-state index in [1.54, 1.807) is 6.08 Å². The van der Waals surface area contributed by atoms with Crippen LogP contribution in [0.15, 0.2) is 18.2 Å². The van der Waals surface area contributed by atoms with Crippen molar-refractivity contribution in [3.8, 4) is 11.5 Å². The molecule has 6 heteroatoms. The van der Waals surface area contributed by atoms with Gasteiger partial charge >= 0.3 is 5.97 Å². The molecule has 0 saturated heterocycles. The highest BCUT2D eigenvalue weighted by Gasteiger charge is 2.21. The normalized spacial score (nSPS) is 17.4. The SMILES string of the molecule is CCOc1cc2c(cc1/C=C/C(=O)O[C@H](C)C(N)=O)O[C@H](C)C2. The smallest absolute Gasteiger partial charge is 0.331 e. The predicted molar refractivity (Wildman–Crippen MR) is 85.2 cm³/mol. The Bertz CT molecular complexity index is 638. The summed E-state index contributed by atoms with van der Waals surface area (Å²) in [4.78, 5) is 22.6. The maximum atomic E-state index is 11.7. The zero-order valence-corrected chi connectivity index (χ0v) is 13.5. The summed E-state index contributed by atoms with van der Waals surface area (Å²) < 4.78 is 16.2. The third-order valence-electron chi connectivity index (χ3n) is 3.42. The molecule has 1 heterocycles. The summed E-state index contributed by atoms with van der Waals surface area (Å²) in [5.74, 6) is 0.130. The molecule has 0 saturated carbocycles. The van der Waals surface area contributed by atoms with Crippen LogP contribution in [0.5, 0.6) is 11.5 Å². The second kappa shape index (κ2) is 7.17. The van der Waals surface area contributed by atoms with E-state index in [1.807, 2.05) is 26.0 Å². The summed E-state index contributed by atoms with van der Waals surface area (Å²) in [7, 11) is 0. The number of hydrogen-bond donors (Lipinski definition) is 1. The Kier molecular flexibility index (Phi) is 5.26. The lowest BCUT2D eigenvalue weighted by atomic mass is 10.1. The van der Waals surface area contributed by atoms with Gasteiger partial charge in [-0.15, -0.1) is 0 Å². The number of ether oxygens (including phenoxy) is 3. The highest BCUT2D eigenvalue weighted by atomic mass is 16.5. The molecular formula is C17H21NO5. The van der Waals surface area contributed by atoms with E-state index in [0.29, 0.717) is 17.9 Å². The average Bonchev–Trinajstić information content (AvgIpc) is 2.84. The van der Waals surface area contributed by atoms with Crippen LogP contribution in [0, 0.1) is 0 Å². The zero-order valence-electron chi connectivity index (χ0n) is 13.5. The van der Waals surface area contributed by atoms with Crippen LogP contribution in [0.2, 0.25) is 0 Å². The summed E-state index contributed by atoms with van der Waals surface area (Å²) in [6.07, 6.45) is 2.80. The number of nitrogens with two attached hydrogens (primary N) is 1. The molecule has 2 N–H and O–H groups in total. The molecule has 23 heavy (non-hydrogen) atoms. The first-order valence-corrected chi connectivity index (χ1v) is 7.55. The number of fused-ring (bicyclic) bond motifs is 1. The number of hydrogen-bond acceptors (Lipinski definition) is 5. The highest BCUT2D eigenvalue weighted by molar-refractivity contribution is 5.90. The Morgan fingerprint density at radius 2 is 2.22 bits per heavy atom. The lowest BCUT2D eigenvalue weighted by Gasteiger charge is -2.10. The van der Waals surface area contributed by atoms with E-state index in [1.165, 1.54) is 13.0 Å². The van der Waals surface area contributed by atoms with Crippen molar-refractivity contribution in [3.63, 3.8) is 0 Å². The Balaban J connectivity index is 2.18. The first-order valence-electron chi connectivity index (χ1n) is 7.55. The standard InChI is InChI=1S/C17H21NO5/c1-4-21-14-9-13-7-10(2)22-15(13)8-12(14)5-6-16(19)23-11(3)17(18)20/h5-6,8-11H,4,7H2,1-3H3,(H2,18,20)/b6-5+/t10-,11-/m1/s1. The van der Waals surface area contributed by atoms with Gasteiger partial charge in [0.1, 0.15) is 17.6 Å². The van der Waals surface area contributed by atoms with E-state index < -0.39 is 18.0 Å². The number of carbonyl (C=O) groups excluding carboxylic acids is 2. The molecule has 1 aliphatic heterocycles. The number of rotatable bonds is 6. The molecule has 1 aromatic rings. The quantitative estimate of drug-likeness (QED) is 0.638. The highest BCUT2D eigenvalue weighted by Crippen LogP contribution is 2.35. The van der Waals surface area contributed by atoms with Crippen molar-refractivity contribution >= 4 is 18.0 Å². The Labute approximate surface area is 135 Å². The van der Waals surface area contributed by atoms with Gasteiger partial charge in [-0.05, 0) is 39.0 Å². The summed E-state index contributed by atoms with van der Waals surface area (Å²) in [6, 6.07) is 3.77. The molecule has 0 bridgehead atoms. The number of benzene rings is 1. The van der Waals surface area contributed by atoms with E-state index in [2.05, 4.69) is 0 Å². The van der Waals surface area contributed by atoms with E-state index in [4.69, 9.17) is 19.9 Å². The first-order chi connectivity index (χ1) is 10.9. The van der Waals surface area contributed by atoms with Crippen LogP contribution in [0.1, 0.15) is 31.9 Å². The number of carbonyl (C=O) groups is 2. The van der Waals surface area contributed by atoms with E-state index in [9.17, 15) is 9.59 Å². The first kappa shape index (κ1) is 16.9. The lowest BCUT2D eigenvalue weighted by molar-refractivity contribution is -0.148. The molecule has 6 nitrogen and oxygen atoms in total. The average molecular weight is 319 g/mol. The molecule has 1 aliphatic rings. The Hall–Kier alpha value is -2.50. The molecule has 1 aromatic carbocycles. The van der Waals surface area contributed by atoms with Crippen LogP contribution in [-0.2, 0) is 20.7 Å². The fourth-order valence-electron chi connectivity index (χ4n) is 2.30. The zero-order chi connectivity index (χ0) is 17.0. The minimum absolute atomic E-state index is 0.125. The van der Waals surface area contributed by atoms with Gasteiger partial charge in [-0.25, -0.2) is 4.79 Å². The topological polar surface area (TPSA) is 87.9 Å². The summed E-state index contributed by atoms with van der Waals surface area (Å²) >= 11 is 0. The number of amides is 1. The van der Waals surface area contributed by atoms with E-state index in [-0.39, 0.29) is 6.10 Å². The third kappa shape index (κ3) is 4.25. The van der Waals surface area contributed by atoms with Gasteiger partial charge in [0.15, 0.2) is 6.10 Å². The molecule has 0 aliphatic carbocycles. The molecule has 0 spiro atoms. The van der Waals surface area contributed by atoms with E-state index >= 15 is 0 Å². The molecule has 0 fully saturated rings. The van der Waals surface area contributed by atoms with E-state index in [0.717, 1.165) is 17.7 Å². The van der Waals surface area contributed by atoms with Gasteiger partial charge in [0.05, 0.1) is 6.61 Å². The summed E-state index contributed by atoms with van der Waals surface area (Å²) in [6.45, 7) is 5.82. The molecule has 124 valence electrons. The van der Waals surface area contributed by atoms with Crippen molar-refractivity contribution in [2.24, 2.45) is 5.73 Å². The molecule has 0 aromatic heterocycles. The van der Waals surface area contributed by atoms with Crippen molar-refractivity contribution in [1.82, 2.24) is 0 Å². The molecular weight excluding hydrogens is 298 g/mol. The number of primary amides is 1. The van der Waals surface area contributed by atoms with Gasteiger partial charge in [-0.3, -0.25) is 4.79 Å². The van der Waals surface area contributed by atoms with Crippen molar-refractivity contribution in [1.29, 1.82) is 0 Å². The largest absolute Gasteiger partial charge is 0.493 e. The second-order valence-corrected chi connectivity index (χ2v) is 5.38. The minimum Gasteiger partial charge on any atom is -0.493 e. The van der Waals surface area contributed by atoms with Gasteiger partial charge in [0.2, 0.25) is 0 Å². The van der Waals surface area contributed by atoms with Crippen LogP contribution < -0.4 is 15.2 Å². The molecule has 0 unspecified atom stereocenters. The maximum absolute atomic E-state index is 11.7. The Morgan fingerprint density at radius 3 is 2.87 bits per heavy atom. The molecule has 2 atom stereocenters. The predicted octanol–water partition coefficient (Wildman–Crippen LogP) is 1.84. The number of esters is 1. The van der Waals surface area contributed by atoms with Crippen molar-refractivity contribution in [3.05, 3.63) is 29.3 Å². The van der Waals surface area contributed by atoms with Gasteiger partial charge in [-0.1, -0.05) is 0 Å². The lowest BCUT2D eigenvalue weighted by Crippen LogP contribution is -2.29. The van der Waals surface area contributed by atoms with Gasteiger partial charge < -0.3 is 19.9 Å². The van der Waals surface area contributed by atoms with Gasteiger partial charge in [0.25, 0.3) is 5.91 Å². The van der Waals surface area contributed by atoms with Crippen molar-refractivity contribution in [2.45, 2.75) is 39.4 Å². The third-order valence-corrected chi connectivity index (χ3v) is 3.42. The maximum Gasteiger partial charge on any atom is 0.331 e. The van der Waals surface area contributed by atoms with Gasteiger partial charge in [0, 0.05) is 23.6 Å². The minimum atomic E-state index is -0.970. The van der Waals surface area contributed by atoms with Gasteiger partial charge in [-0.2, -0.15) is 0 Å². The summed E-state index contributed by atoms with van der Waals surface area (Å²) in [5, 5.41) is 0. The van der Waals surface area contributed by atoms with Crippen LogP contribution in [0.3, 0.4) is 0 Å². The molecule has 2 rings (SSSR count). The van der Waals surface area contributed by atoms with Crippen molar-refractivity contribution in [2.75, 3.05) is 6.61 Å². The monoisotopic (exact) mass is 319 g/mol. The Morgan fingerprint density at radius 1 is 1.48 bits per heavy atom.